The van der Waals surface area contributed by atoms with Crippen LogP contribution in [-0.4, -0.2) is 68.8 Å². The van der Waals surface area contributed by atoms with Crippen LogP contribution < -0.4 is 15.8 Å². The van der Waals surface area contributed by atoms with Crippen LogP contribution in [0.15, 0.2) is 59.5 Å². The molecule has 3 atom stereocenters. The molecule has 0 radical (unpaired) electrons. The smallest absolute Gasteiger partial charge is 0.244 e. The summed E-state index contributed by atoms with van der Waals surface area (Å²) in [5.74, 6) is -0.458. The van der Waals surface area contributed by atoms with Crippen LogP contribution in [0.5, 0.6) is 5.75 Å². The first-order chi connectivity index (χ1) is 17.3. The number of sulfonamides is 1. The van der Waals surface area contributed by atoms with Crippen molar-refractivity contribution in [1.82, 2.24) is 14.5 Å². The number of piperazine rings is 1. The van der Waals surface area contributed by atoms with E-state index in [0.717, 1.165) is 25.7 Å². The fourth-order valence-corrected chi connectivity index (χ4v) is 6.66. The summed E-state index contributed by atoms with van der Waals surface area (Å²) in [6.07, 6.45) is 3.53. The average molecular weight is 515 g/mol. The van der Waals surface area contributed by atoms with Crippen LogP contribution in [0.25, 0.3) is 0 Å². The van der Waals surface area contributed by atoms with E-state index in [2.05, 4.69) is 10.2 Å². The predicted molar refractivity (Wildman–Crippen MR) is 136 cm³/mol. The van der Waals surface area contributed by atoms with Gasteiger partial charge in [-0.2, -0.15) is 4.31 Å². The van der Waals surface area contributed by atoms with Gasteiger partial charge in [0.1, 0.15) is 11.8 Å². The minimum Gasteiger partial charge on any atom is -0.497 e. The van der Waals surface area contributed by atoms with E-state index >= 15 is 0 Å². The maximum Gasteiger partial charge on any atom is 0.244 e. The molecule has 2 amide bonds. The van der Waals surface area contributed by atoms with Gasteiger partial charge in [0, 0.05) is 32.2 Å². The number of ether oxygens (including phenoxy) is 1. The van der Waals surface area contributed by atoms with Crippen molar-refractivity contribution in [1.29, 1.82) is 0 Å². The van der Waals surface area contributed by atoms with Gasteiger partial charge in [0.15, 0.2) is 0 Å². The van der Waals surface area contributed by atoms with E-state index in [0.29, 0.717) is 37.5 Å². The molecule has 1 aliphatic heterocycles. The lowest BCUT2D eigenvalue weighted by Crippen LogP contribution is -2.56. The van der Waals surface area contributed by atoms with Gasteiger partial charge in [-0.05, 0) is 42.7 Å². The van der Waals surface area contributed by atoms with E-state index in [1.807, 2.05) is 6.07 Å². The quantitative estimate of drug-likeness (QED) is 0.555. The van der Waals surface area contributed by atoms with Crippen molar-refractivity contribution in [3.8, 4) is 5.75 Å². The molecular formula is C26H34N4O5S. The van der Waals surface area contributed by atoms with Crippen molar-refractivity contribution < 1.29 is 22.7 Å². The van der Waals surface area contributed by atoms with Crippen LogP contribution in [0.1, 0.15) is 37.3 Å². The standard InChI is InChI=1S/C26H34N4O5S/c1-35-20-11-13-21(14-12-20)36(33,34)30-17-15-29(16-18-30)23-10-6-5-9-22(23)26(32)28-24(25(27)31)19-7-3-2-4-8-19/h2-4,7-8,11-14,22-24H,5-6,9-10,15-18H2,1H3,(H2,27,31)(H,28,32)/t22-,23?,24+/m1/s1. The average Bonchev–Trinajstić information content (AvgIpc) is 2.92. The second kappa shape index (κ2) is 11.4. The zero-order valence-corrected chi connectivity index (χ0v) is 21.3. The molecule has 1 saturated heterocycles. The summed E-state index contributed by atoms with van der Waals surface area (Å²) in [7, 11) is -2.07. The van der Waals surface area contributed by atoms with Gasteiger partial charge in [-0.15, -0.1) is 0 Å². The maximum absolute atomic E-state index is 13.3. The molecule has 10 heteroatoms. The van der Waals surface area contributed by atoms with E-state index in [9.17, 15) is 18.0 Å². The normalized spacial score (nSPS) is 22.5. The molecule has 194 valence electrons. The molecular weight excluding hydrogens is 480 g/mol. The summed E-state index contributed by atoms with van der Waals surface area (Å²) in [6, 6.07) is 14.5. The van der Waals surface area contributed by atoms with Gasteiger partial charge >= 0.3 is 0 Å². The third-order valence-corrected chi connectivity index (χ3v) is 9.12. The Morgan fingerprint density at radius 1 is 0.972 bits per heavy atom. The maximum atomic E-state index is 13.3. The minimum atomic E-state index is -3.61. The summed E-state index contributed by atoms with van der Waals surface area (Å²) in [4.78, 5) is 27.9. The Labute approximate surface area is 212 Å². The molecule has 0 bridgehead atoms. The Kier molecular flexibility index (Phi) is 8.28. The van der Waals surface area contributed by atoms with E-state index in [4.69, 9.17) is 10.5 Å². The van der Waals surface area contributed by atoms with Gasteiger partial charge in [0.05, 0.1) is 17.9 Å². The zero-order chi connectivity index (χ0) is 25.7. The van der Waals surface area contributed by atoms with Gasteiger partial charge in [-0.25, -0.2) is 8.42 Å². The molecule has 2 aromatic carbocycles. The number of carbonyl (C=O) groups excluding carboxylic acids is 2. The fourth-order valence-electron chi connectivity index (χ4n) is 5.24. The summed E-state index contributed by atoms with van der Waals surface area (Å²) in [5, 5.41) is 2.88. The zero-order valence-electron chi connectivity index (χ0n) is 20.5. The number of primary amides is 1. The Morgan fingerprint density at radius 3 is 2.22 bits per heavy atom. The third-order valence-electron chi connectivity index (χ3n) is 7.21. The Hall–Kier alpha value is -2.95. The molecule has 1 unspecified atom stereocenters. The summed E-state index contributed by atoms with van der Waals surface area (Å²) in [5.41, 5.74) is 6.27. The highest BCUT2D eigenvalue weighted by molar-refractivity contribution is 7.89. The number of rotatable bonds is 8. The van der Waals surface area contributed by atoms with Gasteiger partial charge in [0.2, 0.25) is 21.8 Å². The molecule has 1 aliphatic carbocycles. The first kappa shape index (κ1) is 26.1. The lowest BCUT2D eigenvalue weighted by atomic mass is 9.82. The number of methoxy groups -OCH3 is 1. The molecule has 0 aromatic heterocycles. The van der Waals surface area contributed by atoms with Crippen molar-refractivity contribution >= 4 is 21.8 Å². The molecule has 36 heavy (non-hydrogen) atoms. The van der Waals surface area contributed by atoms with Gasteiger partial charge < -0.3 is 15.8 Å². The number of nitrogens with zero attached hydrogens (tertiary/aromatic N) is 2. The van der Waals surface area contributed by atoms with E-state index in [1.165, 1.54) is 11.4 Å². The highest BCUT2D eigenvalue weighted by Gasteiger charge is 2.39. The van der Waals surface area contributed by atoms with E-state index in [-0.39, 0.29) is 22.8 Å². The van der Waals surface area contributed by atoms with Gasteiger partial charge in [-0.1, -0.05) is 43.2 Å². The third kappa shape index (κ3) is 5.71. The monoisotopic (exact) mass is 514 g/mol. The molecule has 3 N–H and O–H groups in total. The number of hydrogen-bond donors (Lipinski definition) is 2. The summed E-state index contributed by atoms with van der Waals surface area (Å²) < 4.78 is 32.9. The topological polar surface area (TPSA) is 122 Å². The number of nitrogens with two attached hydrogens (primary N) is 1. The summed E-state index contributed by atoms with van der Waals surface area (Å²) in [6.45, 7) is 1.80. The number of benzene rings is 2. The van der Waals surface area contributed by atoms with Crippen molar-refractivity contribution in [2.24, 2.45) is 11.7 Å². The van der Waals surface area contributed by atoms with Crippen LogP contribution in [0.2, 0.25) is 0 Å². The number of carbonyl (C=O) groups is 2. The lowest BCUT2D eigenvalue weighted by Gasteiger charge is -2.43. The number of nitrogens with one attached hydrogen (secondary N) is 1. The molecule has 1 heterocycles. The van der Waals surface area contributed by atoms with Gasteiger partial charge in [-0.3, -0.25) is 14.5 Å². The minimum absolute atomic E-state index is 0.00566. The van der Waals surface area contributed by atoms with E-state index in [1.54, 1.807) is 48.5 Å². The molecule has 2 aliphatic rings. The SMILES string of the molecule is COc1ccc(S(=O)(=O)N2CCN(C3CCCC[C@H]3C(=O)N[C@H](C(N)=O)c3ccccc3)CC2)cc1. The van der Waals surface area contributed by atoms with Gasteiger partial charge in [0.25, 0.3) is 0 Å². The first-order valence-electron chi connectivity index (χ1n) is 12.3. The molecule has 2 aromatic rings. The highest BCUT2D eigenvalue weighted by atomic mass is 32.2. The first-order valence-corrected chi connectivity index (χ1v) is 13.8. The van der Waals surface area contributed by atoms with Crippen molar-refractivity contribution in [3.63, 3.8) is 0 Å². The second-order valence-electron chi connectivity index (χ2n) is 9.33. The molecule has 9 nitrogen and oxygen atoms in total. The Balaban J connectivity index is 1.41. The van der Waals surface area contributed by atoms with Crippen LogP contribution in [0.3, 0.4) is 0 Å². The predicted octanol–water partition coefficient (Wildman–Crippen LogP) is 1.90. The van der Waals surface area contributed by atoms with Crippen molar-refractivity contribution in [3.05, 3.63) is 60.2 Å². The van der Waals surface area contributed by atoms with Crippen LogP contribution in [-0.2, 0) is 19.6 Å². The Bertz CT molecular complexity index is 1150. The van der Waals surface area contributed by atoms with Crippen LogP contribution >= 0.6 is 0 Å². The highest BCUT2D eigenvalue weighted by Crippen LogP contribution is 2.31. The summed E-state index contributed by atoms with van der Waals surface area (Å²) >= 11 is 0. The number of amides is 2. The van der Waals surface area contributed by atoms with Crippen LogP contribution in [0.4, 0.5) is 0 Å². The molecule has 4 rings (SSSR count). The lowest BCUT2D eigenvalue weighted by molar-refractivity contribution is -0.133. The fraction of sp³-hybridized carbons (Fsp3) is 0.462. The van der Waals surface area contributed by atoms with E-state index < -0.39 is 22.0 Å². The molecule has 1 saturated carbocycles. The number of hydrogen-bond acceptors (Lipinski definition) is 6. The largest absolute Gasteiger partial charge is 0.497 e. The van der Waals surface area contributed by atoms with Crippen molar-refractivity contribution in [2.75, 3.05) is 33.3 Å². The van der Waals surface area contributed by atoms with Crippen LogP contribution in [0, 0.1) is 5.92 Å². The molecule has 2 fully saturated rings. The van der Waals surface area contributed by atoms with Crippen molar-refractivity contribution in [2.45, 2.75) is 42.7 Å². The second-order valence-corrected chi connectivity index (χ2v) is 11.3. The Morgan fingerprint density at radius 2 is 1.61 bits per heavy atom. The molecule has 0 spiro atoms.